The Labute approximate surface area is 212 Å². The summed E-state index contributed by atoms with van der Waals surface area (Å²) in [4.78, 5) is 18.6. The number of hydrogen-bond acceptors (Lipinski definition) is 5. The van der Waals surface area contributed by atoms with Crippen molar-refractivity contribution in [3.8, 4) is 16.9 Å². The second-order valence-corrected chi connectivity index (χ2v) is 9.11. The van der Waals surface area contributed by atoms with Crippen LogP contribution < -0.4 is 9.64 Å². The summed E-state index contributed by atoms with van der Waals surface area (Å²) < 4.78 is 11.6. The summed E-state index contributed by atoms with van der Waals surface area (Å²) in [5.74, 6) is 0.678. The largest absolute Gasteiger partial charge is 0.484 e. The van der Waals surface area contributed by atoms with Gasteiger partial charge in [0.1, 0.15) is 11.9 Å². The van der Waals surface area contributed by atoms with Crippen LogP contribution in [0.25, 0.3) is 11.1 Å². The van der Waals surface area contributed by atoms with E-state index < -0.39 is 0 Å². The van der Waals surface area contributed by atoms with Gasteiger partial charge in [-0.15, -0.1) is 0 Å². The molecule has 3 aromatic carbocycles. The van der Waals surface area contributed by atoms with E-state index in [4.69, 9.17) is 14.9 Å². The van der Waals surface area contributed by atoms with E-state index >= 15 is 0 Å². The number of nitrogens with zero attached hydrogens (tertiary/aromatic N) is 3. The lowest BCUT2D eigenvalue weighted by Gasteiger charge is -2.33. The maximum Gasteiger partial charge on any atom is 0.289 e. The zero-order valence-electron chi connectivity index (χ0n) is 20.6. The third kappa shape index (κ3) is 5.36. The molecule has 5 rings (SSSR count). The van der Waals surface area contributed by atoms with Gasteiger partial charge in [-0.05, 0) is 47.5 Å². The highest BCUT2D eigenvalue weighted by Gasteiger charge is 2.31. The molecule has 7 heteroatoms. The zero-order chi connectivity index (χ0) is 24.9. The molecule has 0 radical (unpaired) electrons. The second-order valence-electron chi connectivity index (χ2n) is 9.11. The number of nitrogens with one attached hydrogen (secondary N) is 1. The first-order chi connectivity index (χ1) is 17.6. The van der Waals surface area contributed by atoms with Crippen molar-refractivity contribution < 1.29 is 14.3 Å². The first-order valence-corrected chi connectivity index (χ1v) is 12.5. The van der Waals surface area contributed by atoms with Gasteiger partial charge in [0.15, 0.2) is 6.61 Å². The summed E-state index contributed by atoms with van der Waals surface area (Å²) in [7, 11) is 0. The summed E-state index contributed by atoms with van der Waals surface area (Å²) in [6.45, 7) is 7.12. The number of carbonyl (C=O) groups excluding carboxylic acids is 1. The molecule has 0 aromatic heterocycles. The number of likely N-dealkylation sites (N-methyl/N-ethyl adjacent to an activating group) is 1. The summed E-state index contributed by atoms with van der Waals surface area (Å²) in [6.07, 6.45) is -0.239. The molecule has 0 saturated carbocycles. The standard InChI is InChI=1S/C29H32N4O3/c1-2-31-16-18-32(19-17-31)28(34)21-35-26-14-10-24(11-15-26)27-20-33(29(30)36-27)25-12-8-23(9-13-25)22-6-4-3-5-7-22/h3-15,27,30H,2,16-21H2,1H3. The quantitative estimate of drug-likeness (QED) is 0.538. The Morgan fingerprint density at radius 2 is 1.58 bits per heavy atom. The van der Waals surface area contributed by atoms with Crippen molar-refractivity contribution in [3.63, 3.8) is 0 Å². The predicted octanol–water partition coefficient (Wildman–Crippen LogP) is 4.41. The van der Waals surface area contributed by atoms with Crippen molar-refractivity contribution in [1.29, 1.82) is 5.41 Å². The third-order valence-electron chi connectivity index (χ3n) is 6.92. The fraction of sp³-hybridized carbons (Fsp3) is 0.310. The molecule has 1 atom stereocenters. The molecule has 7 nitrogen and oxygen atoms in total. The normalized spacial score (nSPS) is 18.2. The molecular formula is C29H32N4O3. The minimum Gasteiger partial charge on any atom is -0.484 e. The van der Waals surface area contributed by atoms with Gasteiger partial charge in [-0.2, -0.15) is 0 Å². The smallest absolute Gasteiger partial charge is 0.289 e. The van der Waals surface area contributed by atoms with Crippen molar-refractivity contribution in [2.75, 3.05) is 50.8 Å². The van der Waals surface area contributed by atoms with Crippen molar-refractivity contribution in [2.24, 2.45) is 0 Å². The van der Waals surface area contributed by atoms with E-state index in [1.807, 2.05) is 64.4 Å². The van der Waals surface area contributed by atoms with Gasteiger partial charge in [-0.25, -0.2) is 0 Å². The van der Waals surface area contributed by atoms with E-state index in [1.165, 1.54) is 0 Å². The molecule has 1 N–H and O–H groups in total. The van der Waals surface area contributed by atoms with Crippen LogP contribution in [0.2, 0.25) is 0 Å². The maximum atomic E-state index is 12.5. The van der Waals surface area contributed by atoms with E-state index in [0.29, 0.717) is 12.3 Å². The van der Waals surface area contributed by atoms with Crippen LogP contribution in [0.15, 0.2) is 78.9 Å². The number of rotatable bonds is 7. The number of hydrogen-bond donors (Lipinski definition) is 1. The lowest BCUT2D eigenvalue weighted by molar-refractivity contribution is -0.135. The first-order valence-electron chi connectivity index (χ1n) is 12.5. The molecule has 2 fully saturated rings. The summed E-state index contributed by atoms with van der Waals surface area (Å²) in [6, 6.07) is 26.2. The van der Waals surface area contributed by atoms with Crippen LogP contribution in [0.1, 0.15) is 18.6 Å². The predicted molar refractivity (Wildman–Crippen MR) is 141 cm³/mol. The number of piperazine rings is 1. The van der Waals surface area contributed by atoms with Crippen LogP contribution in [0.5, 0.6) is 5.75 Å². The Kier molecular flexibility index (Phi) is 7.18. The molecule has 1 amide bonds. The molecule has 186 valence electrons. The molecule has 2 heterocycles. The van der Waals surface area contributed by atoms with Crippen LogP contribution in [0.4, 0.5) is 5.69 Å². The van der Waals surface area contributed by atoms with Gasteiger partial charge >= 0.3 is 0 Å². The first kappa shape index (κ1) is 23.9. The molecule has 0 spiro atoms. The van der Waals surface area contributed by atoms with Gasteiger partial charge in [-0.1, -0.05) is 61.5 Å². The summed E-state index contributed by atoms with van der Waals surface area (Å²) >= 11 is 0. The van der Waals surface area contributed by atoms with E-state index in [9.17, 15) is 4.79 Å². The maximum absolute atomic E-state index is 12.5. The molecule has 0 bridgehead atoms. The number of benzene rings is 3. The lowest BCUT2D eigenvalue weighted by atomic mass is 10.1. The Hall–Kier alpha value is -3.84. The van der Waals surface area contributed by atoms with Crippen molar-refractivity contribution in [2.45, 2.75) is 13.0 Å². The minimum absolute atomic E-state index is 0.0244. The van der Waals surface area contributed by atoms with E-state index in [-0.39, 0.29) is 24.6 Å². The van der Waals surface area contributed by atoms with Crippen molar-refractivity contribution >= 4 is 17.6 Å². The minimum atomic E-state index is -0.239. The Morgan fingerprint density at radius 3 is 2.25 bits per heavy atom. The van der Waals surface area contributed by atoms with Gasteiger partial charge in [0.2, 0.25) is 0 Å². The number of carbonyl (C=O) groups is 1. The molecule has 36 heavy (non-hydrogen) atoms. The van der Waals surface area contributed by atoms with E-state index in [2.05, 4.69) is 36.1 Å². The molecule has 0 aliphatic carbocycles. The SMILES string of the molecule is CCN1CCN(C(=O)COc2ccc(C3CN(c4ccc(-c5ccccc5)cc4)C(=N)O3)cc2)CC1. The second kappa shape index (κ2) is 10.8. The van der Waals surface area contributed by atoms with Crippen LogP contribution in [-0.2, 0) is 9.53 Å². The average Bonchev–Trinajstić information content (AvgIpc) is 3.34. The number of amidine groups is 1. The van der Waals surface area contributed by atoms with Crippen LogP contribution in [0.3, 0.4) is 0 Å². The number of amides is 1. The highest BCUT2D eigenvalue weighted by Crippen LogP contribution is 2.32. The molecule has 2 aliphatic heterocycles. The Balaban J connectivity index is 1.15. The van der Waals surface area contributed by atoms with Crippen LogP contribution in [0, 0.1) is 5.41 Å². The van der Waals surface area contributed by atoms with Crippen molar-refractivity contribution in [1.82, 2.24) is 9.80 Å². The third-order valence-corrected chi connectivity index (χ3v) is 6.92. The number of ether oxygens (including phenoxy) is 2. The van der Waals surface area contributed by atoms with E-state index in [1.54, 1.807) is 0 Å². The topological polar surface area (TPSA) is 69.1 Å². The van der Waals surface area contributed by atoms with E-state index in [0.717, 1.165) is 55.1 Å². The Bertz CT molecular complexity index is 1170. The lowest BCUT2D eigenvalue weighted by Crippen LogP contribution is -2.49. The molecular weight excluding hydrogens is 452 g/mol. The molecule has 2 saturated heterocycles. The molecule has 1 unspecified atom stereocenters. The monoisotopic (exact) mass is 484 g/mol. The molecule has 2 aliphatic rings. The number of anilines is 1. The van der Waals surface area contributed by atoms with Crippen LogP contribution >= 0.6 is 0 Å². The fourth-order valence-corrected chi connectivity index (χ4v) is 4.67. The van der Waals surface area contributed by atoms with Gasteiger partial charge in [0.25, 0.3) is 11.9 Å². The van der Waals surface area contributed by atoms with Crippen LogP contribution in [-0.4, -0.2) is 67.6 Å². The summed E-state index contributed by atoms with van der Waals surface area (Å²) in [5.41, 5.74) is 4.20. The highest BCUT2D eigenvalue weighted by molar-refractivity contribution is 5.92. The van der Waals surface area contributed by atoms with Gasteiger partial charge in [0, 0.05) is 31.9 Å². The van der Waals surface area contributed by atoms with Gasteiger partial charge in [-0.3, -0.25) is 15.1 Å². The highest BCUT2D eigenvalue weighted by atomic mass is 16.5. The fourth-order valence-electron chi connectivity index (χ4n) is 4.67. The Morgan fingerprint density at radius 1 is 0.917 bits per heavy atom. The van der Waals surface area contributed by atoms with Gasteiger partial charge < -0.3 is 19.3 Å². The van der Waals surface area contributed by atoms with Gasteiger partial charge in [0.05, 0.1) is 6.54 Å². The van der Waals surface area contributed by atoms with Crippen molar-refractivity contribution in [3.05, 3.63) is 84.4 Å². The summed E-state index contributed by atoms with van der Waals surface area (Å²) in [5, 5.41) is 8.35. The molecule has 3 aromatic rings. The zero-order valence-corrected chi connectivity index (χ0v) is 20.6. The average molecular weight is 485 g/mol.